The lowest BCUT2D eigenvalue weighted by molar-refractivity contribution is 0.718. The van der Waals surface area contributed by atoms with Crippen LogP contribution in [-0.4, -0.2) is 21.3 Å². The molecule has 0 amide bonds. The standard InChI is InChI=1S/C13H17N3S/c1-2-17-10-12(14)13-8-9-15-16(13)11-6-4-3-5-7-11/h3-9,12H,2,10,14H2,1H3. The minimum atomic E-state index is 0.0302. The molecule has 90 valence electrons. The number of hydrogen-bond acceptors (Lipinski definition) is 3. The molecule has 0 aliphatic rings. The second kappa shape index (κ2) is 5.89. The highest BCUT2D eigenvalue weighted by Gasteiger charge is 2.12. The van der Waals surface area contributed by atoms with Gasteiger partial charge in [-0.1, -0.05) is 25.1 Å². The molecule has 1 atom stereocenters. The van der Waals surface area contributed by atoms with Crippen LogP contribution in [0.1, 0.15) is 18.7 Å². The van der Waals surface area contributed by atoms with Crippen LogP contribution >= 0.6 is 11.8 Å². The predicted octanol–water partition coefficient (Wildman–Crippen LogP) is 2.63. The Bertz CT molecular complexity index is 453. The Morgan fingerprint density at radius 1 is 1.29 bits per heavy atom. The summed E-state index contributed by atoms with van der Waals surface area (Å²) in [4.78, 5) is 0. The molecule has 2 rings (SSSR count). The molecule has 2 N–H and O–H groups in total. The van der Waals surface area contributed by atoms with Crippen molar-refractivity contribution in [1.82, 2.24) is 9.78 Å². The minimum absolute atomic E-state index is 0.0302. The van der Waals surface area contributed by atoms with E-state index in [2.05, 4.69) is 12.0 Å². The number of rotatable bonds is 5. The van der Waals surface area contributed by atoms with Gasteiger partial charge >= 0.3 is 0 Å². The third kappa shape index (κ3) is 2.90. The van der Waals surface area contributed by atoms with Crippen LogP contribution in [0.3, 0.4) is 0 Å². The summed E-state index contributed by atoms with van der Waals surface area (Å²) in [6.45, 7) is 2.14. The fourth-order valence-electron chi connectivity index (χ4n) is 1.71. The maximum Gasteiger partial charge on any atom is 0.0649 e. The van der Waals surface area contributed by atoms with Crippen LogP contribution in [0, 0.1) is 0 Å². The Kier molecular flexibility index (Phi) is 4.23. The quantitative estimate of drug-likeness (QED) is 0.883. The molecule has 0 aliphatic carbocycles. The first-order valence-electron chi connectivity index (χ1n) is 5.75. The lowest BCUT2D eigenvalue weighted by atomic mass is 10.2. The van der Waals surface area contributed by atoms with Crippen molar-refractivity contribution >= 4 is 11.8 Å². The van der Waals surface area contributed by atoms with E-state index in [9.17, 15) is 0 Å². The molecule has 0 aliphatic heterocycles. The molecule has 0 bridgehead atoms. The van der Waals surface area contributed by atoms with Crippen LogP contribution in [0.4, 0.5) is 0 Å². The zero-order valence-corrected chi connectivity index (χ0v) is 10.7. The van der Waals surface area contributed by atoms with E-state index in [4.69, 9.17) is 5.73 Å². The van der Waals surface area contributed by atoms with Gasteiger partial charge in [0.15, 0.2) is 0 Å². The van der Waals surface area contributed by atoms with Crippen LogP contribution in [0.5, 0.6) is 0 Å². The highest BCUT2D eigenvalue weighted by molar-refractivity contribution is 7.99. The Morgan fingerprint density at radius 3 is 2.76 bits per heavy atom. The summed E-state index contributed by atoms with van der Waals surface area (Å²) in [5.41, 5.74) is 8.31. The van der Waals surface area contributed by atoms with Gasteiger partial charge in [-0.25, -0.2) is 4.68 Å². The number of hydrogen-bond donors (Lipinski definition) is 1. The van der Waals surface area contributed by atoms with Crippen molar-refractivity contribution in [3.63, 3.8) is 0 Å². The second-order valence-electron chi connectivity index (χ2n) is 3.77. The van der Waals surface area contributed by atoms with E-state index in [0.29, 0.717) is 0 Å². The molecule has 0 fully saturated rings. The molecule has 2 aromatic rings. The van der Waals surface area contributed by atoms with Gasteiger partial charge in [-0.2, -0.15) is 16.9 Å². The number of thioether (sulfide) groups is 1. The fourth-order valence-corrected chi connectivity index (χ4v) is 2.37. The number of para-hydroxylation sites is 1. The first-order chi connectivity index (χ1) is 8.33. The van der Waals surface area contributed by atoms with Crippen molar-refractivity contribution < 1.29 is 0 Å². The van der Waals surface area contributed by atoms with Crippen molar-refractivity contribution in [2.45, 2.75) is 13.0 Å². The van der Waals surface area contributed by atoms with Crippen molar-refractivity contribution in [2.75, 3.05) is 11.5 Å². The van der Waals surface area contributed by atoms with Gasteiger partial charge in [-0.15, -0.1) is 0 Å². The van der Waals surface area contributed by atoms with Crippen LogP contribution in [0.15, 0.2) is 42.6 Å². The van der Waals surface area contributed by atoms with Crippen LogP contribution in [0.2, 0.25) is 0 Å². The molecular weight excluding hydrogens is 230 g/mol. The molecule has 0 saturated heterocycles. The van der Waals surface area contributed by atoms with E-state index in [-0.39, 0.29) is 6.04 Å². The van der Waals surface area contributed by atoms with E-state index in [1.807, 2.05) is 52.8 Å². The first kappa shape index (κ1) is 12.2. The largest absolute Gasteiger partial charge is 0.322 e. The zero-order chi connectivity index (χ0) is 12.1. The highest BCUT2D eigenvalue weighted by atomic mass is 32.2. The maximum atomic E-state index is 6.18. The number of nitrogens with zero attached hydrogens (tertiary/aromatic N) is 2. The van der Waals surface area contributed by atoms with Crippen LogP contribution in [-0.2, 0) is 0 Å². The monoisotopic (exact) mass is 247 g/mol. The van der Waals surface area contributed by atoms with E-state index >= 15 is 0 Å². The molecule has 0 spiro atoms. The highest BCUT2D eigenvalue weighted by Crippen LogP contribution is 2.18. The van der Waals surface area contributed by atoms with E-state index < -0.39 is 0 Å². The van der Waals surface area contributed by atoms with Gasteiger partial charge < -0.3 is 5.73 Å². The van der Waals surface area contributed by atoms with E-state index in [1.165, 1.54) is 0 Å². The van der Waals surface area contributed by atoms with E-state index in [0.717, 1.165) is 22.9 Å². The Balaban J connectivity index is 2.23. The minimum Gasteiger partial charge on any atom is -0.322 e. The molecule has 1 aromatic carbocycles. The Morgan fingerprint density at radius 2 is 2.06 bits per heavy atom. The van der Waals surface area contributed by atoms with Gasteiger partial charge in [0.1, 0.15) is 0 Å². The molecule has 1 unspecified atom stereocenters. The average molecular weight is 247 g/mol. The molecule has 4 heteroatoms. The fraction of sp³-hybridized carbons (Fsp3) is 0.308. The summed E-state index contributed by atoms with van der Waals surface area (Å²) in [6.07, 6.45) is 1.80. The summed E-state index contributed by atoms with van der Waals surface area (Å²) >= 11 is 1.85. The molecule has 17 heavy (non-hydrogen) atoms. The van der Waals surface area contributed by atoms with E-state index in [1.54, 1.807) is 6.20 Å². The molecule has 0 radical (unpaired) electrons. The Labute approximate surface area is 106 Å². The molecule has 1 aromatic heterocycles. The van der Waals surface area contributed by atoms with Crippen molar-refractivity contribution in [2.24, 2.45) is 5.73 Å². The van der Waals surface area contributed by atoms with Crippen LogP contribution in [0.25, 0.3) is 5.69 Å². The SMILES string of the molecule is CCSCC(N)c1ccnn1-c1ccccc1. The number of benzene rings is 1. The lowest BCUT2D eigenvalue weighted by Gasteiger charge is -2.13. The van der Waals surface area contributed by atoms with Gasteiger partial charge in [-0.3, -0.25) is 0 Å². The maximum absolute atomic E-state index is 6.18. The second-order valence-corrected chi connectivity index (χ2v) is 5.09. The summed E-state index contributed by atoms with van der Waals surface area (Å²) in [5, 5.41) is 4.34. The normalized spacial score (nSPS) is 12.6. The van der Waals surface area contributed by atoms with Crippen LogP contribution < -0.4 is 5.73 Å². The van der Waals surface area contributed by atoms with Crippen molar-refractivity contribution in [3.8, 4) is 5.69 Å². The lowest BCUT2D eigenvalue weighted by Crippen LogP contribution is -2.17. The molecular formula is C13H17N3S. The topological polar surface area (TPSA) is 43.8 Å². The Hall–Kier alpha value is -1.26. The summed E-state index contributed by atoms with van der Waals surface area (Å²) in [5.74, 6) is 2.02. The number of nitrogens with two attached hydrogens (primary N) is 1. The summed E-state index contributed by atoms with van der Waals surface area (Å²) in [6, 6.07) is 12.1. The van der Waals surface area contributed by atoms with Gasteiger partial charge in [0.05, 0.1) is 17.4 Å². The van der Waals surface area contributed by atoms with Gasteiger partial charge in [0, 0.05) is 11.9 Å². The third-order valence-corrected chi connectivity index (χ3v) is 3.56. The van der Waals surface area contributed by atoms with Gasteiger partial charge in [-0.05, 0) is 24.0 Å². The molecule has 3 nitrogen and oxygen atoms in total. The average Bonchev–Trinajstić information content (AvgIpc) is 2.86. The number of aromatic nitrogens is 2. The smallest absolute Gasteiger partial charge is 0.0649 e. The van der Waals surface area contributed by atoms with Crippen molar-refractivity contribution in [1.29, 1.82) is 0 Å². The van der Waals surface area contributed by atoms with Gasteiger partial charge in [0.25, 0.3) is 0 Å². The van der Waals surface area contributed by atoms with Gasteiger partial charge in [0.2, 0.25) is 0 Å². The zero-order valence-electron chi connectivity index (χ0n) is 9.91. The van der Waals surface area contributed by atoms with Crippen molar-refractivity contribution in [3.05, 3.63) is 48.3 Å². The molecule has 1 heterocycles. The first-order valence-corrected chi connectivity index (χ1v) is 6.91. The predicted molar refractivity (Wildman–Crippen MR) is 73.5 cm³/mol. The summed E-state index contributed by atoms with van der Waals surface area (Å²) < 4.78 is 1.92. The third-order valence-electron chi connectivity index (χ3n) is 2.55. The summed E-state index contributed by atoms with van der Waals surface area (Å²) in [7, 11) is 0. The molecule has 0 saturated carbocycles.